The van der Waals surface area contributed by atoms with Crippen LogP contribution in [-0.2, 0) is 6.42 Å². The monoisotopic (exact) mass is 285 g/mol. The quantitative estimate of drug-likeness (QED) is 0.868. The number of halogens is 2. The molecule has 0 bridgehead atoms. The van der Waals surface area contributed by atoms with E-state index in [1.54, 1.807) is 6.07 Å². The van der Waals surface area contributed by atoms with Gasteiger partial charge in [0.2, 0.25) is 0 Å². The van der Waals surface area contributed by atoms with Gasteiger partial charge in [-0.3, -0.25) is 0 Å². The minimum Gasteiger partial charge on any atom is -0.489 e. The maximum Gasteiger partial charge on any atom is 0.155 e. The van der Waals surface area contributed by atoms with Crippen LogP contribution < -0.4 is 4.74 Å². The van der Waals surface area contributed by atoms with Crippen molar-refractivity contribution in [1.82, 2.24) is 0 Å². The summed E-state index contributed by atoms with van der Waals surface area (Å²) < 4.78 is 5.44. The molecule has 3 nitrogen and oxygen atoms in total. The summed E-state index contributed by atoms with van der Waals surface area (Å²) in [5.41, 5.74) is 1.99. The van der Waals surface area contributed by atoms with Gasteiger partial charge in [0.25, 0.3) is 0 Å². The predicted molar refractivity (Wildman–Crippen MR) is 70.3 cm³/mol. The van der Waals surface area contributed by atoms with E-state index in [1.165, 1.54) is 0 Å². The molecule has 1 aromatic rings. The third kappa shape index (κ3) is 2.42. The van der Waals surface area contributed by atoms with E-state index in [0.717, 1.165) is 24.0 Å². The molecule has 0 amide bonds. The van der Waals surface area contributed by atoms with Crippen LogP contribution in [0.1, 0.15) is 35.6 Å². The minimum atomic E-state index is -0.541. The summed E-state index contributed by atoms with van der Waals surface area (Å²) in [5.74, 6) is 0.716. The largest absolute Gasteiger partial charge is 0.489 e. The van der Waals surface area contributed by atoms with Crippen molar-refractivity contribution in [3.63, 3.8) is 0 Å². The van der Waals surface area contributed by atoms with Crippen LogP contribution in [0.2, 0.25) is 5.02 Å². The van der Waals surface area contributed by atoms with Crippen LogP contribution in [0.15, 0.2) is 6.07 Å². The van der Waals surface area contributed by atoms with Crippen LogP contribution in [0.4, 0.5) is 0 Å². The van der Waals surface area contributed by atoms with E-state index in [1.807, 2.05) is 0 Å². The molecule has 1 unspecified atom stereocenters. The van der Waals surface area contributed by atoms with E-state index in [9.17, 15) is 5.11 Å². The number of hydrogen-bond donors (Lipinski definition) is 1. The second kappa shape index (κ2) is 5.79. The lowest BCUT2D eigenvalue weighted by Gasteiger charge is -2.24. The SMILES string of the molecule is N#Cc1cc2c(c(Cl)c1OCCCl)CCCC2O. The molecule has 0 fully saturated rings. The molecule has 5 heteroatoms. The second-order valence-electron chi connectivity index (χ2n) is 4.19. The number of nitriles is 1. The number of ether oxygens (including phenoxy) is 1. The molecule has 0 saturated heterocycles. The molecule has 1 aliphatic rings. The normalized spacial score (nSPS) is 18.0. The molecule has 0 heterocycles. The molecule has 2 rings (SSSR count). The number of aliphatic hydroxyl groups excluding tert-OH is 1. The maximum absolute atomic E-state index is 9.94. The summed E-state index contributed by atoms with van der Waals surface area (Å²) in [5, 5.41) is 19.5. The standard InChI is InChI=1S/C13H13Cl2NO2/c14-4-5-18-13-8(7-16)6-10-9(12(13)15)2-1-3-11(10)17/h6,11,17H,1-5H2. The van der Waals surface area contributed by atoms with Gasteiger partial charge < -0.3 is 9.84 Å². The maximum atomic E-state index is 9.94. The number of nitrogens with zero attached hydrogens (tertiary/aromatic N) is 1. The Balaban J connectivity index is 2.51. The van der Waals surface area contributed by atoms with Crippen molar-refractivity contribution in [2.24, 2.45) is 0 Å². The van der Waals surface area contributed by atoms with E-state index in [2.05, 4.69) is 6.07 Å². The topological polar surface area (TPSA) is 53.2 Å². The van der Waals surface area contributed by atoms with Crippen LogP contribution in [-0.4, -0.2) is 17.6 Å². The Morgan fingerprint density at radius 2 is 2.33 bits per heavy atom. The third-order valence-electron chi connectivity index (χ3n) is 3.06. The van der Waals surface area contributed by atoms with Gasteiger partial charge in [0, 0.05) is 0 Å². The lowest BCUT2D eigenvalue weighted by Crippen LogP contribution is -2.12. The first kappa shape index (κ1) is 13.5. The van der Waals surface area contributed by atoms with E-state index < -0.39 is 6.10 Å². The Labute approximate surface area is 116 Å². The van der Waals surface area contributed by atoms with Crippen LogP contribution in [0, 0.1) is 11.3 Å². The van der Waals surface area contributed by atoms with Crippen molar-refractivity contribution < 1.29 is 9.84 Å². The Morgan fingerprint density at radius 1 is 1.56 bits per heavy atom. The van der Waals surface area contributed by atoms with E-state index >= 15 is 0 Å². The van der Waals surface area contributed by atoms with Gasteiger partial charge >= 0.3 is 0 Å². The highest BCUT2D eigenvalue weighted by Crippen LogP contribution is 2.41. The van der Waals surface area contributed by atoms with E-state index in [-0.39, 0.29) is 0 Å². The molecule has 0 radical (unpaired) electrons. The molecular weight excluding hydrogens is 273 g/mol. The summed E-state index contributed by atoms with van der Waals surface area (Å²) in [6, 6.07) is 3.73. The zero-order chi connectivity index (χ0) is 13.1. The van der Waals surface area contributed by atoms with Gasteiger partial charge in [-0.25, -0.2) is 0 Å². The van der Waals surface area contributed by atoms with Crippen molar-refractivity contribution in [3.05, 3.63) is 27.8 Å². The van der Waals surface area contributed by atoms with Crippen LogP contribution in [0.3, 0.4) is 0 Å². The van der Waals surface area contributed by atoms with E-state index in [0.29, 0.717) is 35.2 Å². The summed E-state index contributed by atoms with van der Waals surface area (Å²) in [4.78, 5) is 0. The van der Waals surface area contributed by atoms with Crippen molar-refractivity contribution >= 4 is 23.2 Å². The number of hydrogen-bond acceptors (Lipinski definition) is 3. The highest BCUT2D eigenvalue weighted by molar-refractivity contribution is 6.33. The van der Waals surface area contributed by atoms with Crippen LogP contribution in [0.5, 0.6) is 5.75 Å². The minimum absolute atomic E-state index is 0.303. The average Bonchev–Trinajstić information content (AvgIpc) is 2.38. The van der Waals surface area contributed by atoms with Gasteiger partial charge in [-0.1, -0.05) is 11.6 Å². The predicted octanol–water partition coefficient (Wildman–Crippen LogP) is 3.20. The van der Waals surface area contributed by atoms with Crippen molar-refractivity contribution in [3.8, 4) is 11.8 Å². The van der Waals surface area contributed by atoms with Crippen molar-refractivity contribution in [2.45, 2.75) is 25.4 Å². The summed E-state index contributed by atoms with van der Waals surface area (Å²) in [6.07, 6.45) is 1.85. The van der Waals surface area contributed by atoms with Crippen LogP contribution >= 0.6 is 23.2 Å². The Morgan fingerprint density at radius 3 is 3.00 bits per heavy atom. The highest BCUT2D eigenvalue weighted by Gasteiger charge is 2.25. The lowest BCUT2D eigenvalue weighted by atomic mass is 9.88. The molecule has 0 saturated carbocycles. The average molecular weight is 286 g/mol. The Bertz CT molecular complexity index is 497. The van der Waals surface area contributed by atoms with Crippen molar-refractivity contribution in [2.75, 3.05) is 12.5 Å². The Kier molecular flexibility index (Phi) is 4.34. The van der Waals surface area contributed by atoms with E-state index in [4.69, 9.17) is 33.2 Å². The fourth-order valence-corrected chi connectivity index (χ4v) is 2.67. The fourth-order valence-electron chi connectivity index (χ4n) is 2.23. The lowest BCUT2D eigenvalue weighted by molar-refractivity contribution is 0.156. The Hall–Kier alpha value is -0.950. The zero-order valence-corrected chi connectivity index (χ0v) is 11.3. The summed E-state index contributed by atoms with van der Waals surface area (Å²) in [6.45, 7) is 0.303. The number of aliphatic hydroxyl groups is 1. The molecule has 1 aliphatic carbocycles. The van der Waals surface area contributed by atoms with Gasteiger partial charge in [-0.05, 0) is 36.5 Å². The van der Waals surface area contributed by atoms with Crippen LogP contribution in [0.25, 0.3) is 0 Å². The first-order chi connectivity index (χ1) is 8.69. The first-order valence-electron chi connectivity index (χ1n) is 5.81. The van der Waals surface area contributed by atoms with Gasteiger partial charge in [-0.2, -0.15) is 5.26 Å². The fraction of sp³-hybridized carbons (Fsp3) is 0.462. The molecule has 96 valence electrons. The molecule has 0 aromatic heterocycles. The molecule has 0 spiro atoms. The smallest absolute Gasteiger partial charge is 0.155 e. The van der Waals surface area contributed by atoms with Gasteiger partial charge in [-0.15, -0.1) is 11.6 Å². The van der Waals surface area contributed by atoms with Gasteiger partial charge in [0.1, 0.15) is 12.7 Å². The molecule has 1 aromatic carbocycles. The molecule has 1 N–H and O–H groups in total. The van der Waals surface area contributed by atoms with Gasteiger partial charge in [0.05, 0.1) is 22.6 Å². The second-order valence-corrected chi connectivity index (χ2v) is 4.95. The number of benzene rings is 1. The highest BCUT2D eigenvalue weighted by atomic mass is 35.5. The first-order valence-corrected chi connectivity index (χ1v) is 6.72. The molecule has 18 heavy (non-hydrogen) atoms. The summed E-state index contributed by atoms with van der Waals surface area (Å²) in [7, 11) is 0. The number of rotatable bonds is 3. The van der Waals surface area contributed by atoms with Gasteiger partial charge in [0.15, 0.2) is 5.75 Å². The number of alkyl halides is 1. The summed E-state index contributed by atoms with van der Waals surface area (Å²) >= 11 is 11.9. The zero-order valence-electron chi connectivity index (χ0n) is 9.75. The molecule has 0 aliphatic heterocycles. The molecule has 1 atom stereocenters. The van der Waals surface area contributed by atoms with Crippen molar-refractivity contribution in [1.29, 1.82) is 5.26 Å². The molecular formula is C13H13Cl2NO2. The number of fused-ring (bicyclic) bond motifs is 1. The third-order valence-corrected chi connectivity index (χ3v) is 3.62.